The van der Waals surface area contributed by atoms with Gasteiger partial charge in [-0.3, -0.25) is 0 Å². The highest BCUT2D eigenvalue weighted by molar-refractivity contribution is 9.10. The third kappa shape index (κ3) is 2.87. The van der Waals surface area contributed by atoms with Crippen molar-refractivity contribution >= 4 is 21.9 Å². The highest BCUT2D eigenvalue weighted by Crippen LogP contribution is 2.22. The normalized spacial score (nSPS) is 10.8. The van der Waals surface area contributed by atoms with Gasteiger partial charge in [-0.05, 0) is 34.0 Å². The van der Waals surface area contributed by atoms with Crippen LogP contribution in [0.4, 0.5) is 4.39 Å². The third-order valence-corrected chi connectivity index (χ3v) is 3.77. The van der Waals surface area contributed by atoms with Crippen LogP contribution in [-0.4, -0.2) is 26.1 Å². The average molecular weight is 342 g/mol. The Labute approximate surface area is 123 Å². The topological polar surface area (TPSA) is 68.0 Å². The van der Waals surface area contributed by atoms with E-state index in [9.17, 15) is 9.18 Å². The number of rotatable bonds is 5. The average Bonchev–Trinajstić information content (AvgIpc) is 2.79. The monoisotopic (exact) mass is 341 g/mol. The maximum absolute atomic E-state index is 13.5. The van der Waals surface area contributed by atoms with E-state index in [-0.39, 0.29) is 18.1 Å². The maximum atomic E-state index is 13.5. The lowest BCUT2D eigenvalue weighted by Gasteiger charge is -2.08. The fourth-order valence-electron chi connectivity index (χ4n) is 1.94. The van der Waals surface area contributed by atoms with Crippen molar-refractivity contribution in [2.75, 3.05) is 0 Å². The number of carboxylic acid groups (broad SMARTS) is 1. The van der Waals surface area contributed by atoms with E-state index in [0.29, 0.717) is 22.2 Å². The van der Waals surface area contributed by atoms with E-state index < -0.39 is 5.97 Å². The van der Waals surface area contributed by atoms with E-state index in [4.69, 9.17) is 5.11 Å². The van der Waals surface area contributed by atoms with Crippen LogP contribution in [-0.2, 0) is 13.0 Å². The number of carboxylic acids is 1. The van der Waals surface area contributed by atoms with Crippen LogP contribution >= 0.6 is 15.9 Å². The summed E-state index contributed by atoms with van der Waals surface area (Å²) in [4.78, 5) is 11.1. The number of benzene rings is 1. The molecule has 0 bridgehead atoms. The van der Waals surface area contributed by atoms with Crippen molar-refractivity contribution in [2.24, 2.45) is 0 Å². The van der Waals surface area contributed by atoms with Gasteiger partial charge in [0.25, 0.3) is 0 Å². The fraction of sp³-hybridized carbons (Fsp3) is 0.308. The molecule has 0 spiro atoms. The van der Waals surface area contributed by atoms with Crippen LogP contribution in [0.25, 0.3) is 0 Å². The van der Waals surface area contributed by atoms with Crippen LogP contribution in [0.2, 0.25) is 0 Å². The van der Waals surface area contributed by atoms with Gasteiger partial charge < -0.3 is 5.11 Å². The van der Waals surface area contributed by atoms with Crippen molar-refractivity contribution in [3.05, 3.63) is 45.4 Å². The van der Waals surface area contributed by atoms with Gasteiger partial charge in [-0.1, -0.05) is 30.7 Å². The Morgan fingerprint density at radius 3 is 2.90 bits per heavy atom. The summed E-state index contributed by atoms with van der Waals surface area (Å²) in [5.74, 6) is -1.46. The molecule has 1 N–H and O–H groups in total. The molecule has 106 valence electrons. The Bertz CT molecular complexity index is 643. The number of aromatic nitrogens is 3. The van der Waals surface area contributed by atoms with Crippen molar-refractivity contribution in [2.45, 2.75) is 26.3 Å². The highest BCUT2D eigenvalue weighted by Gasteiger charge is 2.19. The van der Waals surface area contributed by atoms with Gasteiger partial charge in [0.15, 0.2) is 5.69 Å². The predicted octanol–water partition coefficient (Wildman–Crippen LogP) is 2.88. The molecule has 0 radical (unpaired) electrons. The summed E-state index contributed by atoms with van der Waals surface area (Å²) in [6.45, 7) is 2.22. The van der Waals surface area contributed by atoms with Crippen molar-refractivity contribution in [1.29, 1.82) is 0 Å². The lowest BCUT2D eigenvalue weighted by Crippen LogP contribution is -2.10. The van der Waals surface area contributed by atoms with E-state index in [1.807, 2.05) is 6.92 Å². The molecule has 1 aromatic heterocycles. The molecule has 2 rings (SSSR count). The first-order chi connectivity index (χ1) is 9.54. The minimum absolute atomic E-state index is 0.0422. The molecular weight excluding hydrogens is 329 g/mol. The lowest BCUT2D eigenvalue weighted by atomic mass is 10.2. The number of hydrogen-bond donors (Lipinski definition) is 1. The molecular formula is C13H13BrFN3O2. The first kappa shape index (κ1) is 14.6. The summed E-state index contributed by atoms with van der Waals surface area (Å²) in [5, 5.41) is 16.6. The highest BCUT2D eigenvalue weighted by atomic mass is 79.9. The standard InChI is InChI=1S/C13H13BrFN3O2/c1-2-4-10-12(13(19)20)16-17-18(10)7-8-5-3-6-9(15)11(8)14/h3,5-6H,2,4,7H2,1H3,(H,19,20). The quantitative estimate of drug-likeness (QED) is 0.907. The molecule has 0 unspecified atom stereocenters. The zero-order valence-corrected chi connectivity index (χ0v) is 12.4. The largest absolute Gasteiger partial charge is 0.476 e. The van der Waals surface area contributed by atoms with Crippen molar-refractivity contribution in [1.82, 2.24) is 15.0 Å². The Morgan fingerprint density at radius 2 is 2.25 bits per heavy atom. The number of hydrogen-bond acceptors (Lipinski definition) is 3. The van der Waals surface area contributed by atoms with Gasteiger partial charge in [0.05, 0.1) is 16.7 Å². The molecule has 0 amide bonds. The van der Waals surface area contributed by atoms with E-state index in [0.717, 1.165) is 6.42 Å². The molecule has 5 nitrogen and oxygen atoms in total. The maximum Gasteiger partial charge on any atom is 0.358 e. The van der Waals surface area contributed by atoms with Crippen LogP contribution < -0.4 is 0 Å². The summed E-state index contributed by atoms with van der Waals surface area (Å²) >= 11 is 3.18. The second-order valence-corrected chi connectivity index (χ2v) is 5.10. The summed E-state index contributed by atoms with van der Waals surface area (Å²) in [6, 6.07) is 4.71. The number of nitrogens with zero attached hydrogens (tertiary/aromatic N) is 3. The second-order valence-electron chi connectivity index (χ2n) is 4.31. The third-order valence-electron chi connectivity index (χ3n) is 2.88. The fourth-order valence-corrected chi connectivity index (χ4v) is 2.33. The number of aromatic carboxylic acids is 1. The van der Waals surface area contributed by atoms with Gasteiger partial charge in [-0.15, -0.1) is 5.10 Å². The van der Waals surface area contributed by atoms with Gasteiger partial charge >= 0.3 is 5.97 Å². The minimum Gasteiger partial charge on any atom is -0.476 e. The van der Waals surface area contributed by atoms with Crippen LogP contribution in [0.1, 0.15) is 35.1 Å². The molecule has 0 aliphatic carbocycles. The smallest absolute Gasteiger partial charge is 0.358 e. The number of carbonyl (C=O) groups is 1. The van der Waals surface area contributed by atoms with Gasteiger partial charge in [0.2, 0.25) is 0 Å². The van der Waals surface area contributed by atoms with Crippen LogP contribution in [0.3, 0.4) is 0 Å². The summed E-state index contributed by atoms with van der Waals surface area (Å²) in [7, 11) is 0. The summed E-state index contributed by atoms with van der Waals surface area (Å²) in [6.07, 6.45) is 1.33. The predicted molar refractivity (Wildman–Crippen MR) is 74.2 cm³/mol. The number of halogens is 2. The molecule has 0 atom stereocenters. The van der Waals surface area contributed by atoms with Gasteiger partial charge in [-0.2, -0.15) is 0 Å². The molecule has 0 saturated carbocycles. The Hall–Kier alpha value is -1.76. The molecule has 1 aromatic carbocycles. The Morgan fingerprint density at radius 1 is 1.50 bits per heavy atom. The van der Waals surface area contributed by atoms with E-state index >= 15 is 0 Å². The molecule has 0 aliphatic rings. The van der Waals surface area contributed by atoms with Crippen LogP contribution in [0.5, 0.6) is 0 Å². The second kappa shape index (κ2) is 6.13. The Balaban J connectivity index is 2.38. The van der Waals surface area contributed by atoms with Gasteiger partial charge in [-0.25, -0.2) is 13.9 Å². The van der Waals surface area contributed by atoms with E-state index in [2.05, 4.69) is 26.2 Å². The van der Waals surface area contributed by atoms with Crippen LogP contribution in [0.15, 0.2) is 22.7 Å². The SMILES string of the molecule is CCCc1c(C(=O)O)nnn1Cc1cccc(F)c1Br. The van der Waals surface area contributed by atoms with Crippen molar-refractivity contribution in [3.8, 4) is 0 Å². The van der Waals surface area contributed by atoms with Crippen molar-refractivity contribution < 1.29 is 14.3 Å². The van der Waals surface area contributed by atoms with Gasteiger partial charge in [0, 0.05) is 0 Å². The molecule has 1 heterocycles. The van der Waals surface area contributed by atoms with Gasteiger partial charge in [0.1, 0.15) is 5.82 Å². The van der Waals surface area contributed by atoms with Crippen molar-refractivity contribution in [3.63, 3.8) is 0 Å². The minimum atomic E-state index is -1.10. The molecule has 0 fully saturated rings. The lowest BCUT2D eigenvalue weighted by molar-refractivity contribution is 0.0689. The molecule has 20 heavy (non-hydrogen) atoms. The van der Waals surface area contributed by atoms with Crippen LogP contribution in [0, 0.1) is 5.82 Å². The molecule has 0 aliphatic heterocycles. The van der Waals surface area contributed by atoms with E-state index in [1.54, 1.807) is 12.1 Å². The molecule has 2 aromatic rings. The summed E-state index contributed by atoms with van der Waals surface area (Å²) in [5.41, 5.74) is 1.19. The first-order valence-electron chi connectivity index (χ1n) is 6.13. The first-order valence-corrected chi connectivity index (χ1v) is 6.92. The molecule has 7 heteroatoms. The molecule has 0 saturated heterocycles. The Kier molecular flexibility index (Phi) is 4.49. The van der Waals surface area contributed by atoms with E-state index in [1.165, 1.54) is 10.7 Å². The zero-order chi connectivity index (χ0) is 14.7. The summed E-state index contributed by atoms with van der Waals surface area (Å²) < 4.78 is 15.3. The zero-order valence-electron chi connectivity index (χ0n) is 10.8.